The van der Waals surface area contributed by atoms with Crippen molar-refractivity contribution >= 4 is 5.82 Å². The van der Waals surface area contributed by atoms with Crippen molar-refractivity contribution in [2.24, 2.45) is 0 Å². The van der Waals surface area contributed by atoms with Crippen LogP contribution in [-0.4, -0.2) is 19.1 Å². The third-order valence-electron chi connectivity index (χ3n) is 3.10. The van der Waals surface area contributed by atoms with Crippen molar-refractivity contribution in [3.63, 3.8) is 0 Å². The number of rotatable bonds is 5. The van der Waals surface area contributed by atoms with Crippen LogP contribution in [0.3, 0.4) is 0 Å². The number of aryl methyl sites for hydroxylation is 2. The molecule has 2 heterocycles. The maximum absolute atomic E-state index is 6.20. The zero-order chi connectivity index (χ0) is 13.8. The maximum atomic E-state index is 6.20. The summed E-state index contributed by atoms with van der Waals surface area (Å²) < 4.78 is 3.93. The Balaban J connectivity index is 2.53. The SMILES string of the molecule is C#CCn1c(CCC)nc(-c2cncn2CC)c1N. The Kier molecular flexibility index (Phi) is 3.91. The molecule has 5 nitrogen and oxygen atoms in total. The molecule has 19 heavy (non-hydrogen) atoms. The molecule has 0 bridgehead atoms. The molecular formula is C14H19N5. The Morgan fingerprint density at radius 3 is 2.84 bits per heavy atom. The third kappa shape index (κ3) is 2.34. The molecule has 100 valence electrons. The van der Waals surface area contributed by atoms with Crippen LogP contribution in [0.2, 0.25) is 0 Å². The number of hydrogen-bond acceptors (Lipinski definition) is 3. The molecule has 0 amide bonds. The van der Waals surface area contributed by atoms with Crippen LogP contribution in [0.15, 0.2) is 12.5 Å². The molecule has 0 fully saturated rings. The van der Waals surface area contributed by atoms with Gasteiger partial charge in [-0.3, -0.25) is 0 Å². The van der Waals surface area contributed by atoms with Gasteiger partial charge in [0.1, 0.15) is 17.3 Å². The molecular weight excluding hydrogens is 238 g/mol. The van der Waals surface area contributed by atoms with Crippen molar-refractivity contribution in [1.82, 2.24) is 19.1 Å². The molecule has 0 aromatic carbocycles. The average Bonchev–Trinajstić information content (AvgIpc) is 2.98. The number of nitrogens with two attached hydrogens (primary N) is 1. The van der Waals surface area contributed by atoms with E-state index in [0.29, 0.717) is 12.4 Å². The van der Waals surface area contributed by atoms with E-state index < -0.39 is 0 Å². The fourth-order valence-electron chi connectivity index (χ4n) is 2.15. The van der Waals surface area contributed by atoms with Gasteiger partial charge in [-0.25, -0.2) is 9.97 Å². The first-order valence-electron chi connectivity index (χ1n) is 6.51. The van der Waals surface area contributed by atoms with E-state index in [-0.39, 0.29) is 0 Å². The summed E-state index contributed by atoms with van der Waals surface area (Å²) in [5.74, 6) is 4.19. The molecule has 0 aliphatic heterocycles. The van der Waals surface area contributed by atoms with Gasteiger partial charge in [0.15, 0.2) is 0 Å². The Labute approximate surface area is 113 Å². The highest BCUT2D eigenvalue weighted by molar-refractivity contribution is 5.68. The smallest absolute Gasteiger partial charge is 0.134 e. The number of terminal acetylenes is 1. The quantitative estimate of drug-likeness (QED) is 0.833. The lowest BCUT2D eigenvalue weighted by Crippen LogP contribution is -2.06. The van der Waals surface area contributed by atoms with Crippen LogP contribution in [0.25, 0.3) is 11.4 Å². The molecule has 2 N–H and O–H groups in total. The van der Waals surface area contributed by atoms with E-state index >= 15 is 0 Å². The molecule has 0 unspecified atom stereocenters. The number of imidazole rings is 2. The lowest BCUT2D eigenvalue weighted by molar-refractivity contribution is 0.732. The van der Waals surface area contributed by atoms with Crippen LogP contribution in [0.4, 0.5) is 5.82 Å². The minimum Gasteiger partial charge on any atom is -0.383 e. The van der Waals surface area contributed by atoms with Crippen LogP contribution in [-0.2, 0) is 19.5 Å². The Morgan fingerprint density at radius 1 is 1.42 bits per heavy atom. The van der Waals surface area contributed by atoms with E-state index in [4.69, 9.17) is 12.2 Å². The summed E-state index contributed by atoms with van der Waals surface area (Å²) in [6.45, 7) is 5.46. The zero-order valence-electron chi connectivity index (χ0n) is 11.4. The highest BCUT2D eigenvalue weighted by Crippen LogP contribution is 2.26. The number of anilines is 1. The van der Waals surface area contributed by atoms with Gasteiger partial charge in [-0.05, 0) is 13.3 Å². The second kappa shape index (κ2) is 5.61. The molecule has 2 aromatic heterocycles. The molecule has 0 aliphatic rings. The Morgan fingerprint density at radius 2 is 2.21 bits per heavy atom. The summed E-state index contributed by atoms with van der Waals surface area (Å²) in [6.07, 6.45) is 10.9. The summed E-state index contributed by atoms with van der Waals surface area (Å²) >= 11 is 0. The normalized spacial score (nSPS) is 10.6. The first-order valence-corrected chi connectivity index (χ1v) is 6.51. The van der Waals surface area contributed by atoms with Gasteiger partial charge >= 0.3 is 0 Å². The highest BCUT2D eigenvalue weighted by atomic mass is 15.2. The summed E-state index contributed by atoms with van der Waals surface area (Å²) in [7, 11) is 0. The van der Waals surface area contributed by atoms with E-state index in [1.165, 1.54) is 0 Å². The minimum absolute atomic E-state index is 0.453. The zero-order valence-corrected chi connectivity index (χ0v) is 11.4. The fraction of sp³-hybridized carbons (Fsp3) is 0.429. The second-order valence-electron chi connectivity index (χ2n) is 4.37. The maximum Gasteiger partial charge on any atom is 0.134 e. The summed E-state index contributed by atoms with van der Waals surface area (Å²) in [5.41, 5.74) is 7.91. The van der Waals surface area contributed by atoms with E-state index in [1.54, 1.807) is 12.5 Å². The van der Waals surface area contributed by atoms with Crippen LogP contribution < -0.4 is 5.73 Å². The van der Waals surface area contributed by atoms with E-state index in [9.17, 15) is 0 Å². The number of aromatic nitrogens is 4. The monoisotopic (exact) mass is 257 g/mol. The Hall–Kier alpha value is -2.22. The van der Waals surface area contributed by atoms with Gasteiger partial charge in [0, 0.05) is 13.0 Å². The number of nitrogen functional groups attached to an aromatic ring is 1. The van der Waals surface area contributed by atoms with E-state index in [1.807, 2.05) is 9.13 Å². The first-order chi connectivity index (χ1) is 9.22. The average molecular weight is 257 g/mol. The van der Waals surface area contributed by atoms with E-state index in [2.05, 4.69) is 29.7 Å². The predicted octanol–water partition coefficient (Wildman–Crippen LogP) is 1.93. The van der Waals surface area contributed by atoms with Crippen molar-refractivity contribution in [2.75, 3.05) is 5.73 Å². The highest BCUT2D eigenvalue weighted by Gasteiger charge is 2.17. The van der Waals surface area contributed by atoms with Crippen LogP contribution in [0, 0.1) is 12.3 Å². The molecule has 0 saturated heterocycles. The van der Waals surface area contributed by atoms with E-state index in [0.717, 1.165) is 36.6 Å². The van der Waals surface area contributed by atoms with Crippen molar-refractivity contribution in [3.8, 4) is 23.7 Å². The van der Waals surface area contributed by atoms with Crippen molar-refractivity contribution < 1.29 is 0 Å². The van der Waals surface area contributed by atoms with Gasteiger partial charge in [-0.1, -0.05) is 12.8 Å². The van der Waals surface area contributed by atoms with Crippen LogP contribution in [0.5, 0.6) is 0 Å². The lowest BCUT2D eigenvalue weighted by Gasteiger charge is -2.05. The minimum atomic E-state index is 0.453. The predicted molar refractivity (Wildman–Crippen MR) is 76.4 cm³/mol. The van der Waals surface area contributed by atoms with Gasteiger partial charge in [0.2, 0.25) is 0 Å². The second-order valence-corrected chi connectivity index (χ2v) is 4.37. The molecule has 0 radical (unpaired) electrons. The lowest BCUT2D eigenvalue weighted by atomic mass is 10.3. The van der Waals surface area contributed by atoms with Crippen LogP contribution in [0.1, 0.15) is 26.1 Å². The molecule has 0 saturated carbocycles. The summed E-state index contributed by atoms with van der Waals surface area (Å²) in [5, 5.41) is 0. The molecule has 0 atom stereocenters. The number of nitrogens with zero attached hydrogens (tertiary/aromatic N) is 4. The molecule has 0 aliphatic carbocycles. The first kappa shape index (κ1) is 13.2. The third-order valence-corrected chi connectivity index (χ3v) is 3.10. The van der Waals surface area contributed by atoms with Gasteiger partial charge < -0.3 is 14.9 Å². The van der Waals surface area contributed by atoms with Gasteiger partial charge in [0.05, 0.1) is 24.8 Å². The van der Waals surface area contributed by atoms with Gasteiger partial charge in [-0.2, -0.15) is 0 Å². The fourth-order valence-corrected chi connectivity index (χ4v) is 2.15. The standard InChI is InChI=1S/C14H19N5/c1-4-7-12-17-13(14(15)19(12)8-5-2)11-9-16-10-18(11)6-3/h2,9-10H,4,6-8,15H2,1,3H3. The molecule has 0 spiro atoms. The van der Waals surface area contributed by atoms with Crippen molar-refractivity contribution in [1.29, 1.82) is 0 Å². The number of hydrogen-bond donors (Lipinski definition) is 1. The van der Waals surface area contributed by atoms with Gasteiger partial charge in [0.25, 0.3) is 0 Å². The topological polar surface area (TPSA) is 61.7 Å². The summed E-state index contributed by atoms with van der Waals surface area (Å²) in [6, 6.07) is 0. The van der Waals surface area contributed by atoms with Crippen LogP contribution >= 0.6 is 0 Å². The molecule has 2 aromatic rings. The summed E-state index contributed by atoms with van der Waals surface area (Å²) in [4.78, 5) is 8.81. The van der Waals surface area contributed by atoms with Gasteiger partial charge in [-0.15, -0.1) is 6.42 Å². The van der Waals surface area contributed by atoms with Crippen molar-refractivity contribution in [3.05, 3.63) is 18.3 Å². The Bertz CT molecular complexity index is 600. The largest absolute Gasteiger partial charge is 0.383 e. The van der Waals surface area contributed by atoms with Crippen molar-refractivity contribution in [2.45, 2.75) is 39.8 Å². The molecule has 2 rings (SSSR count). The molecule has 5 heteroatoms.